The van der Waals surface area contributed by atoms with Crippen molar-refractivity contribution in [1.29, 1.82) is 0 Å². The number of nitrogens with zero attached hydrogens (tertiary/aromatic N) is 5. The van der Waals surface area contributed by atoms with E-state index in [1.54, 1.807) is 11.3 Å². The summed E-state index contributed by atoms with van der Waals surface area (Å²) in [6.45, 7) is 6.46. The van der Waals surface area contributed by atoms with Crippen LogP contribution in [0.25, 0.3) is 10.2 Å². The Bertz CT molecular complexity index is 998. The Labute approximate surface area is 193 Å². The molecule has 2 aromatic heterocycles. The van der Waals surface area contributed by atoms with Gasteiger partial charge in [-0.1, -0.05) is 18.2 Å². The molecule has 0 bridgehead atoms. The third kappa shape index (κ3) is 5.10. The number of anilines is 1. The molecule has 4 heterocycles. The highest BCUT2D eigenvalue weighted by Gasteiger charge is 2.25. The van der Waals surface area contributed by atoms with Gasteiger partial charge in [0.15, 0.2) is 0 Å². The van der Waals surface area contributed by atoms with E-state index >= 15 is 0 Å². The van der Waals surface area contributed by atoms with Crippen molar-refractivity contribution >= 4 is 33.3 Å². The van der Waals surface area contributed by atoms with Gasteiger partial charge in [-0.15, -0.1) is 11.3 Å². The van der Waals surface area contributed by atoms with Crippen molar-refractivity contribution < 1.29 is 4.79 Å². The second-order valence-corrected chi connectivity index (χ2v) is 10.0. The van der Waals surface area contributed by atoms with Crippen LogP contribution in [0.4, 0.5) is 5.82 Å². The summed E-state index contributed by atoms with van der Waals surface area (Å²) in [6, 6.07) is 14.4. The molecule has 0 N–H and O–H groups in total. The Balaban J connectivity index is 1.07. The molecule has 1 aromatic carbocycles. The number of piperidine rings is 1. The first kappa shape index (κ1) is 21.3. The summed E-state index contributed by atoms with van der Waals surface area (Å²) >= 11 is 1.81. The Hall–Kier alpha value is -2.51. The van der Waals surface area contributed by atoms with Crippen LogP contribution in [0.15, 0.2) is 48.7 Å². The van der Waals surface area contributed by atoms with Crippen LogP contribution in [-0.4, -0.2) is 64.9 Å². The molecule has 32 heavy (non-hydrogen) atoms. The number of carbonyl (C=O) groups is 1. The minimum Gasteiger partial charge on any atom is -0.353 e. The molecule has 5 rings (SSSR count). The van der Waals surface area contributed by atoms with Crippen LogP contribution >= 0.6 is 11.3 Å². The average Bonchev–Trinajstić information content (AvgIpc) is 3.26. The van der Waals surface area contributed by atoms with E-state index in [1.165, 1.54) is 22.5 Å². The lowest BCUT2D eigenvalue weighted by molar-refractivity contribution is -0.131. The number of fused-ring (bicyclic) bond motifs is 1. The number of hydrogen-bond donors (Lipinski definition) is 0. The first-order valence-corrected chi connectivity index (χ1v) is 12.6. The molecule has 6 nitrogen and oxygen atoms in total. The van der Waals surface area contributed by atoms with Gasteiger partial charge >= 0.3 is 0 Å². The fraction of sp³-hybridized carbons (Fsp3) is 0.480. The van der Waals surface area contributed by atoms with E-state index in [1.807, 2.05) is 29.3 Å². The molecule has 2 aliphatic rings. The van der Waals surface area contributed by atoms with Gasteiger partial charge in [-0.3, -0.25) is 9.69 Å². The van der Waals surface area contributed by atoms with Crippen LogP contribution in [-0.2, 0) is 11.3 Å². The minimum absolute atomic E-state index is 0.314. The third-order valence-electron chi connectivity index (χ3n) is 6.67. The van der Waals surface area contributed by atoms with Crippen molar-refractivity contribution in [2.24, 2.45) is 5.92 Å². The van der Waals surface area contributed by atoms with Gasteiger partial charge < -0.3 is 9.80 Å². The summed E-state index contributed by atoms with van der Waals surface area (Å²) in [7, 11) is 0. The number of benzene rings is 1. The van der Waals surface area contributed by atoms with Crippen molar-refractivity contribution in [3.8, 4) is 0 Å². The van der Waals surface area contributed by atoms with E-state index in [0.29, 0.717) is 18.2 Å². The molecule has 1 atom stereocenters. The molecule has 2 aliphatic heterocycles. The highest BCUT2D eigenvalue weighted by Crippen LogP contribution is 2.26. The van der Waals surface area contributed by atoms with Crippen molar-refractivity contribution in [2.75, 3.05) is 44.2 Å². The number of thiazole rings is 1. The summed E-state index contributed by atoms with van der Waals surface area (Å²) in [5, 5.41) is 1.20. The van der Waals surface area contributed by atoms with Crippen molar-refractivity contribution in [2.45, 2.75) is 32.2 Å². The van der Waals surface area contributed by atoms with Crippen LogP contribution < -0.4 is 4.90 Å². The van der Waals surface area contributed by atoms with E-state index in [2.05, 4.69) is 39.0 Å². The smallest absolute Gasteiger partial charge is 0.222 e. The van der Waals surface area contributed by atoms with Gasteiger partial charge in [-0.2, -0.15) is 0 Å². The Kier molecular flexibility index (Phi) is 6.64. The van der Waals surface area contributed by atoms with Gasteiger partial charge in [0.1, 0.15) is 10.8 Å². The van der Waals surface area contributed by atoms with Gasteiger partial charge in [0.25, 0.3) is 0 Å². The molecule has 0 radical (unpaired) electrons. The number of rotatable bonds is 6. The zero-order chi connectivity index (χ0) is 21.8. The second kappa shape index (κ2) is 9.96. The predicted octanol–water partition coefficient (Wildman–Crippen LogP) is 4.03. The number of carbonyl (C=O) groups excluding carboxylic acids is 1. The quantitative estimate of drug-likeness (QED) is 0.569. The van der Waals surface area contributed by atoms with Gasteiger partial charge in [0.2, 0.25) is 5.91 Å². The molecule has 2 saturated heterocycles. The van der Waals surface area contributed by atoms with Crippen molar-refractivity contribution in [1.82, 2.24) is 19.8 Å². The lowest BCUT2D eigenvalue weighted by Crippen LogP contribution is -2.49. The Morgan fingerprint density at radius 2 is 1.88 bits per heavy atom. The zero-order valence-corrected chi connectivity index (χ0v) is 19.3. The van der Waals surface area contributed by atoms with Crippen molar-refractivity contribution in [3.05, 3.63) is 53.7 Å². The second-order valence-electron chi connectivity index (χ2n) is 8.91. The zero-order valence-electron chi connectivity index (χ0n) is 18.5. The monoisotopic (exact) mass is 449 g/mol. The number of para-hydroxylation sites is 1. The van der Waals surface area contributed by atoms with E-state index in [-0.39, 0.29) is 0 Å². The molecular weight excluding hydrogens is 418 g/mol. The van der Waals surface area contributed by atoms with Crippen molar-refractivity contribution in [3.63, 3.8) is 0 Å². The van der Waals surface area contributed by atoms with Crippen LogP contribution in [0.3, 0.4) is 0 Å². The molecule has 3 aromatic rings. The molecule has 1 unspecified atom stereocenters. The summed E-state index contributed by atoms with van der Waals surface area (Å²) in [4.78, 5) is 28.9. The van der Waals surface area contributed by atoms with Crippen LogP contribution in [0.1, 0.15) is 30.7 Å². The van der Waals surface area contributed by atoms with E-state index < -0.39 is 0 Å². The molecule has 168 valence electrons. The molecule has 2 fully saturated rings. The Morgan fingerprint density at radius 3 is 2.69 bits per heavy atom. The number of hydrogen-bond acceptors (Lipinski definition) is 6. The summed E-state index contributed by atoms with van der Waals surface area (Å²) < 4.78 is 1.27. The fourth-order valence-corrected chi connectivity index (χ4v) is 5.93. The topological polar surface area (TPSA) is 52.6 Å². The Morgan fingerprint density at radius 1 is 1.03 bits per heavy atom. The molecule has 1 amide bonds. The highest BCUT2D eigenvalue weighted by molar-refractivity contribution is 7.18. The van der Waals surface area contributed by atoms with Gasteiger partial charge in [0, 0.05) is 45.3 Å². The number of piperazine rings is 1. The highest BCUT2D eigenvalue weighted by atomic mass is 32.1. The molecular formula is C25H31N5OS. The molecule has 0 aliphatic carbocycles. The molecule has 0 spiro atoms. The number of pyridine rings is 1. The van der Waals surface area contributed by atoms with E-state index in [9.17, 15) is 4.79 Å². The van der Waals surface area contributed by atoms with Gasteiger partial charge in [-0.05, 0) is 56.0 Å². The van der Waals surface area contributed by atoms with Gasteiger partial charge in [0.05, 0.1) is 16.8 Å². The maximum absolute atomic E-state index is 12.8. The lowest BCUT2D eigenvalue weighted by Gasteiger charge is -2.36. The summed E-state index contributed by atoms with van der Waals surface area (Å²) in [6.07, 6.45) is 5.94. The number of likely N-dealkylation sites (tertiary alicyclic amines) is 1. The van der Waals surface area contributed by atoms with E-state index in [0.717, 1.165) is 63.6 Å². The van der Waals surface area contributed by atoms with Crippen LogP contribution in [0.5, 0.6) is 0 Å². The maximum atomic E-state index is 12.8. The standard InChI is InChI=1S/C25H31N5OS/c31-25(30-16-14-29(15-17-30)23-9-3-4-12-26-23)11-10-20-6-5-13-28(18-20)19-24-27-21-7-1-2-8-22(21)32-24/h1-4,7-9,12,20H,5-6,10-11,13-19H2. The largest absolute Gasteiger partial charge is 0.353 e. The van der Waals surface area contributed by atoms with E-state index in [4.69, 9.17) is 4.98 Å². The minimum atomic E-state index is 0.314. The normalized spacial score (nSPS) is 20.1. The van der Waals surface area contributed by atoms with Gasteiger partial charge in [-0.25, -0.2) is 9.97 Å². The number of amides is 1. The molecule has 0 saturated carbocycles. The van der Waals surface area contributed by atoms with Crippen LogP contribution in [0, 0.1) is 5.92 Å². The third-order valence-corrected chi connectivity index (χ3v) is 7.69. The molecule has 7 heteroatoms. The lowest BCUT2D eigenvalue weighted by atomic mass is 9.93. The predicted molar refractivity (Wildman–Crippen MR) is 130 cm³/mol. The first-order valence-electron chi connectivity index (χ1n) is 11.8. The maximum Gasteiger partial charge on any atom is 0.222 e. The fourth-order valence-electron chi connectivity index (χ4n) is 4.92. The average molecular weight is 450 g/mol. The van der Waals surface area contributed by atoms with Crippen LogP contribution in [0.2, 0.25) is 0 Å². The SMILES string of the molecule is O=C(CCC1CCCN(Cc2nc3ccccc3s2)C1)N1CCN(c2ccccn2)CC1. The number of aromatic nitrogens is 2. The first-order chi connectivity index (χ1) is 15.7. The summed E-state index contributed by atoms with van der Waals surface area (Å²) in [5.41, 5.74) is 1.11. The summed E-state index contributed by atoms with van der Waals surface area (Å²) in [5.74, 6) is 1.93.